The Bertz CT molecular complexity index is 238. The highest BCUT2D eigenvalue weighted by Gasteiger charge is 2.36. The molecule has 5 nitrogen and oxygen atoms in total. The molecule has 0 aromatic heterocycles. The molecule has 0 bridgehead atoms. The Hall–Kier alpha value is -1.10. The van der Waals surface area contributed by atoms with Crippen molar-refractivity contribution in [3.05, 3.63) is 0 Å². The maximum Gasteiger partial charge on any atom is 0.326 e. The van der Waals surface area contributed by atoms with Crippen LogP contribution in [0.2, 0.25) is 0 Å². The van der Waals surface area contributed by atoms with Crippen molar-refractivity contribution in [1.82, 2.24) is 5.32 Å². The van der Waals surface area contributed by atoms with E-state index in [2.05, 4.69) is 5.32 Å². The van der Waals surface area contributed by atoms with Gasteiger partial charge in [-0.25, -0.2) is 4.79 Å². The fourth-order valence-corrected chi connectivity index (χ4v) is 1.43. The van der Waals surface area contributed by atoms with Crippen LogP contribution in [0.25, 0.3) is 0 Å². The van der Waals surface area contributed by atoms with Crippen molar-refractivity contribution in [3.8, 4) is 0 Å². The standard InChI is InChI=1S/C10H17NO4/c1-15-6-2-3-8(12)11-9(10(13)14)7-4-5-7/h7,9H,2-6H2,1H3,(H,11,12)(H,13,14). The number of rotatable bonds is 7. The number of methoxy groups -OCH3 is 1. The van der Waals surface area contributed by atoms with Crippen LogP contribution in [0.1, 0.15) is 25.7 Å². The van der Waals surface area contributed by atoms with Gasteiger partial charge < -0.3 is 15.2 Å². The highest BCUT2D eigenvalue weighted by Crippen LogP contribution is 2.32. The molecule has 1 amide bonds. The molecule has 0 saturated heterocycles. The number of nitrogens with one attached hydrogen (secondary N) is 1. The van der Waals surface area contributed by atoms with E-state index in [0.29, 0.717) is 19.4 Å². The molecule has 0 aromatic carbocycles. The number of hydrogen-bond donors (Lipinski definition) is 2. The van der Waals surface area contributed by atoms with Crippen LogP contribution in [-0.4, -0.2) is 36.7 Å². The lowest BCUT2D eigenvalue weighted by Gasteiger charge is -2.13. The summed E-state index contributed by atoms with van der Waals surface area (Å²) in [6, 6.07) is -0.694. The largest absolute Gasteiger partial charge is 0.480 e. The molecule has 1 atom stereocenters. The molecule has 1 aliphatic rings. The van der Waals surface area contributed by atoms with Crippen molar-refractivity contribution in [2.75, 3.05) is 13.7 Å². The quantitative estimate of drug-likeness (QED) is 0.602. The highest BCUT2D eigenvalue weighted by molar-refractivity contribution is 5.83. The van der Waals surface area contributed by atoms with Crippen LogP contribution >= 0.6 is 0 Å². The molecule has 2 N–H and O–H groups in total. The molecule has 0 heterocycles. The molecular weight excluding hydrogens is 198 g/mol. The van der Waals surface area contributed by atoms with Crippen molar-refractivity contribution in [2.24, 2.45) is 5.92 Å². The number of aliphatic carboxylic acids is 1. The van der Waals surface area contributed by atoms with Gasteiger partial charge >= 0.3 is 5.97 Å². The Morgan fingerprint density at radius 3 is 2.67 bits per heavy atom. The Morgan fingerprint density at radius 2 is 2.20 bits per heavy atom. The molecule has 0 aromatic rings. The summed E-state index contributed by atoms with van der Waals surface area (Å²) < 4.78 is 4.81. The molecule has 1 unspecified atom stereocenters. The molecule has 1 fully saturated rings. The summed E-state index contributed by atoms with van der Waals surface area (Å²) in [7, 11) is 1.57. The smallest absolute Gasteiger partial charge is 0.326 e. The molecular formula is C10H17NO4. The van der Waals surface area contributed by atoms with Gasteiger partial charge in [-0.1, -0.05) is 0 Å². The van der Waals surface area contributed by atoms with E-state index >= 15 is 0 Å². The van der Waals surface area contributed by atoms with E-state index in [1.165, 1.54) is 0 Å². The number of carbonyl (C=O) groups excluding carboxylic acids is 1. The van der Waals surface area contributed by atoms with Crippen LogP contribution in [0.5, 0.6) is 0 Å². The summed E-state index contributed by atoms with van der Waals surface area (Å²) in [6.07, 6.45) is 2.74. The summed E-state index contributed by atoms with van der Waals surface area (Å²) >= 11 is 0. The van der Waals surface area contributed by atoms with Crippen LogP contribution in [0, 0.1) is 5.92 Å². The van der Waals surface area contributed by atoms with Crippen molar-refractivity contribution in [2.45, 2.75) is 31.7 Å². The molecule has 0 aliphatic heterocycles. The Morgan fingerprint density at radius 1 is 1.53 bits per heavy atom. The van der Waals surface area contributed by atoms with Gasteiger partial charge in [0.05, 0.1) is 0 Å². The lowest BCUT2D eigenvalue weighted by molar-refractivity contribution is -0.142. The number of carbonyl (C=O) groups is 2. The minimum absolute atomic E-state index is 0.133. The van der Waals surface area contributed by atoms with Gasteiger partial charge in [-0.15, -0.1) is 0 Å². The molecule has 1 rings (SSSR count). The van der Waals surface area contributed by atoms with Crippen molar-refractivity contribution < 1.29 is 19.4 Å². The third kappa shape index (κ3) is 4.29. The van der Waals surface area contributed by atoms with Crippen LogP contribution in [0.15, 0.2) is 0 Å². The summed E-state index contributed by atoms with van der Waals surface area (Å²) in [4.78, 5) is 22.1. The van der Waals surface area contributed by atoms with Gasteiger partial charge in [0.1, 0.15) is 6.04 Å². The Balaban J connectivity index is 2.24. The normalized spacial score (nSPS) is 17.1. The number of carboxylic acid groups (broad SMARTS) is 1. The fourth-order valence-electron chi connectivity index (χ4n) is 1.43. The van der Waals surface area contributed by atoms with Gasteiger partial charge in [0.15, 0.2) is 0 Å². The SMILES string of the molecule is COCCCC(=O)NC(C(=O)O)C1CC1. The van der Waals surface area contributed by atoms with Gasteiger partial charge in [-0.05, 0) is 25.2 Å². The molecule has 0 radical (unpaired) electrons. The van der Waals surface area contributed by atoms with E-state index in [-0.39, 0.29) is 11.8 Å². The predicted octanol–water partition coefficient (Wildman–Crippen LogP) is 0.392. The van der Waals surface area contributed by atoms with Crippen molar-refractivity contribution >= 4 is 11.9 Å². The number of hydrogen-bond acceptors (Lipinski definition) is 3. The average Bonchev–Trinajstić information content (AvgIpc) is 2.97. The fraction of sp³-hybridized carbons (Fsp3) is 0.800. The van der Waals surface area contributed by atoms with E-state index in [1.807, 2.05) is 0 Å². The average molecular weight is 215 g/mol. The first kappa shape index (κ1) is 12.0. The monoisotopic (exact) mass is 215 g/mol. The van der Waals surface area contributed by atoms with Crippen molar-refractivity contribution in [3.63, 3.8) is 0 Å². The zero-order chi connectivity index (χ0) is 11.3. The van der Waals surface area contributed by atoms with Gasteiger partial charge in [0.25, 0.3) is 0 Å². The minimum atomic E-state index is -0.933. The van der Waals surface area contributed by atoms with Crippen LogP contribution in [0.4, 0.5) is 0 Å². The molecule has 5 heteroatoms. The second-order valence-electron chi connectivity index (χ2n) is 3.82. The topological polar surface area (TPSA) is 75.6 Å². The van der Waals surface area contributed by atoms with E-state index < -0.39 is 12.0 Å². The number of ether oxygens (including phenoxy) is 1. The number of carboxylic acids is 1. The molecule has 15 heavy (non-hydrogen) atoms. The van der Waals surface area contributed by atoms with Crippen LogP contribution in [0.3, 0.4) is 0 Å². The second-order valence-corrected chi connectivity index (χ2v) is 3.82. The first-order valence-corrected chi connectivity index (χ1v) is 5.16. The zero-order valence-corrected chi connectivity index (χ0v) is 8.86. The first-order chi connectivity index (χ1) is 7.15. The predicted molar refractivity (Wildman–Crippen MR) is 53.4 cm³/mol. The lowest BCUT2D eigenvalue weighted by Crippen LogP contribution is -2.42. The lowest BCUT2D eigenvalue weighted by atomic mass is 10.2. The van der Waals surface area contributed by atoms with E-state index in [4.69, 9.17) is 9.84 Å². The third-order valence-electron chi connectivity index (χ3n) is 2.43. The summed E-state index contributed by atoms with van der Waals surface area (Å²) in [6.45, 7) is 0.522. The summed E-state index contributed by atoms with van der Waals surface area (Å²) in [5.41, 5.74) is 0. The maximum absolute atomic E-state index is 11.3. The van der Waals surface area contributed by atoms with Crippen LogP contribution < -0.4 is 5.32 Å². The van der Waals surface area contributed by atoms with Gasteiger partial charge in [-0.2, -0.15) is 0 Å². The van der Waals surface area contributed by atoms with E-state index in [9.17, 15) is 9.59 Å². The summed E-state index contributed by atoms with van der Waals surface area (Å²) in [5.74, 6) is -1.00. The van der Waals surface area contributed by atoms with E-state index in [0.717, 1.165) is 12.8 Å². The molecule has 86 valence electrons. The van der Waals surface area contributed by atoms with Gasteiger partial charge in [-0.3, -0.25) is 4.79 Å². The maximum atomic E-state index is 11.3. The van der Waals surface area contributed by atoms with Crippen LogP contribution in [-0.2, 0) is 14.3 Å². The molecule has 0 spiro atoms. The van der Waals surface area contributed by atoms with Gasteiger partial charge in [0.2, 0.25) is 5.91 Å². The Labute approximate surface area is 88.8 Å². The summed E-state index contributed by atoms with van der Waals surface area (Å²) in [5, 5.41) is 11.4. The molecule has 1 saturated carbocycles. The Kier molecular flexibility index (Phi) is 4.55. The van der Waals surface area contributed by atoms with Gasteiger partial charge in [0, 0.05) is 20.1 Å². The third-order valence-corrected chi connectivity index (χ3v) is 2.43. The van der Waals surface area contributed by atoms with Crippen molar-refractivity contribution in [1.29, 1.82) is 0 Å². The zero-order valence-electron chi connectivity index (χ0n) is 8.86. The number of amides is 1. The minimum Gasteiger partial charge on any atom is -0.480 e. The second kappa shape index (κ2) is 5.70. The molecule has 1 aliphatic carbocycles. The highest BCUT2D eigenvalue weighted by atomic mass is 16.5. The van der Waals surface area contributed by atoms with E-state index in [1.54, 1.807) is 7.11 Å². The first-order valence-electron chi connectivity index (χ1n) is 5.16.